The first-order valence-corrected chi connectivity index (χ1v) is 10.3. The number of carbonyl (C=O) groups is 2. The topological polar surface area (TPSA) is 70.1 Å². The summed E-state index contributed by atoms with van der Waals surface area (Å²) in [7, 11) is 5.45. The second-order valence-corrected chi connectivity index (χ2v) is 8.35. The average molecular weight is 415 g/mol. The van der Waals surface area contributed by atoms with Gasteiger partial charge in [0.1, 0.15) is 11.5 Å². The normalized spacial score (nSPS) is 18.7. The van der Waals surface area contributed by atoms with Crippen LogP contribution in [0.15, 0.2) is 41.3 Å². The third-order valence-electron chi connectivity index (χ3n) is 4.97. The number of methoxy groups -OCH3 is 1. The maximum Gasteiger partial charge on any atom is 0.295 e. The summed E-state index contributed by atoms with van der Waals surface area (Å²) in [6.45, 7) is 3.13. The molecule has 0 radical (unpaired) electrons. The van der Waals surface area contributed by atoms with Crippen LogP contribution in [0.1, 0.15) is 28.5 Å². The Balaban J connectivity index is 2.10. The number of Topliss-reactive ketones (excluding diaryl/α,β-unsaturated/α-hetero) is 1. The number of ketones is 1. The van der Waals surface area contributed by atoms with Crippen LogP contribution in [0, 0.1) is 6.92 Å². The van der Waals surface area contributed by atoms with Gasteiger partial charge in [0.05, 0.1) is 24.3 Å². The lowest BCUT2D eigenvalue weighted by atomic mass is 9.98. The Hall–Kier alpha value is -2.64. The van der Waals surface area contributed by atoms with Crippen molar-refractivity contribution >= 4 is 28.8 Å². The molecule has 1 N–H and O–H groups in total. The van der Waals surface area contributed by atoms with Crippen molar-refractivity contribution in [2.75, 3.05) is 34.3 Å². The van der Waals surface area contributed by atoms with Crippen LogP contribution in [-0.2, 0) is 9.59 Å². The zero-order valence-corrected chi connectivity index (χ0v) is 18.0. The minimum atomic E-state index is -0.658. The summed E-state index contributed by atoms with van der Waals surface area (Å²) < 4.78 is 5.38. The zero-order chi connectivity index (χ0) is 21.1. The number of amides is 1. The van der Waals surface area contributed by atoms with Gasteiger partial charge in [0.2, 0.25) is 0 Å². The average Bonchev–Trinajstić information content (AvgIpc) is 3.29. The van der Waals surface area contributed by atoms with Crippen molar-refractivity contribution in [1.82, 2.24) is 9.80 Å². The highest BCUT2D eigenvalue weighted by atomic mass is 32.1. The van der Waals surface area contributed by atoms with Gasteiger partial charge in [-0.3, -0.25) is 9.59 Å². The molecule has 0 spiro atoms. The molecule has 1 atom stereocenters. The first-order valence-electron chi connectivity index (χ1n) is 9.46. The van der Waals surface area contributed by atoms with E-state index in [0.717, 1.165) is 23.4 Å². The molecule has 2 aromatic rings. The summed E-state index contributed by atoms with van der Waals surface area (Å²) in [4.78, 5) is 30.3. The standard InChI is InChI=1S/C22H26N2O4S/c1-14-8-9-16(28-4)15(13-14)20(25)18-19(17-7-5-12-29-17)24(22(27)21(18)26)11-6-10-23(2)3/h5,7-9,12-13,19,25H,6,10-11H2,1-4H3/b20-18-. The molecule has 1 aromatic heterocycles. The Morgan fingerprint density at radius 2 is 2.03 bits per heavy atom. The minimum absolute atomic E-state index is 0.117. The molecular formula is C22H26N2O4S. The first-order chi connectivity index (χ1) is 13.8. The van der Waals surface area contributed by atoms with Gasteiger partial charge < -0.3 is 19.6 Å². The van der Waals surface area contributed by atoms with Crippen molar-refractivity contribution in [3.8, 4) is 5.75 Å². The summed E-state index contributed by atoms with van der Waals surface area (Å²) in [6, 6.07) is 8.55. The fourth-order valence-electron chi connectivity index (χ4n) is 3.56. The molecule has 1 amide bonds. The predicted molar refractivity (Wildman–Crippen MR) is 114 cm³/mol. The van der Waals surface area contributed by atoms with E-state index < -0.39 is 17.7 Å². The Kier molecular flexibility index (Phi) is 6.39. The van der Waals surface area contributed by atoms with Gasteiger partial charge in [-0.15, -0.1) is 11.3 Å². The summed E-state index contributed by atoms with van der Waals surface area (Å²) in [6.07, 6.45) is 0.732. The Morgan fingerprint density at radius 1 is 1.28 bits per heavy atom. The molecule has 154 valence electrons. The van der Waals surface area contributed by atoms with E-state index in [4.69, 9.17) is 4.74 Å². The number of nitrogens with zero attached hydrogens (tertiary/aromatic N) is 2. The minimum Gasteiger partial charge on any atom is -0.507 e. The predicted octanol–water partition coefficient (Wildman–Crippen LogP) is 3.44. The van der Waals surface area contributed by atoms with Gasteiger partial charge >= 0.3 is 0 Å². The van der Waals surface area contributed by atoms with Crippen molar-refractivity contribution in [3.05, 3.63) is 57.3 Å². The molecule has 0 aliphatic carbocycles. The van der Waals surface area contributed by atoms with E-state index >= 15 is 0 Å². The fourth-order valence-corrected chi connectivity index (χ4v) is 4.41. The van der Waals surface area contributed by atoms with E-state index in [0.29, 0.717) is 17.9 Å². The number of likely N-dealkylation sites (tertiary alicyclic amines) is 1. The molecule has 6 nitrogen and oxygen atoms in total. The van der Waals surface area contributed by atoms with Gasteiger partial charge in [0, 0.05) is 11.4 Å². The molecule has 1 fully saturated rings. The Morgan fingerprint density at radius 3 is 2.66 bits per heavy atom. The number of aryl methyl sites for hydroxylation is 1. The number of rotatable bonds is 7. The highest BCUT2D eigenvalue weighted by Gasteiger charge is 2.46. The van der Waals surface area contributed by atoms with Crippen molar-refractivity contribution in [2.24, 2.45) is 0 Å². The molecule has 3 rings (SSSR count). The van der Waals surface area contributed by atoms with Crippen LogP contribution in [-0.4, -0.2) is 60.9 Å². The molecule has 0 saturated carbocycles. The van der Waals surface area contributed by atoms with Gasteiger partial charge in [0.25, 0.3) is 11.7 Å². The number of hydrogen-bond donors (Lipinski definition) is 1. The Bertz CT molecular complexity index is 934. The first kappa shape index (κ1) is 21.1. The number of benzene rings is 1. The number of hydrogen-bond acceptors (Lipinski definition) is 6. The van der Waals surface area contributed by atoms with E-state index in [1.165, 1.54) is 18.4 Å². The van der Waals surface area contributed by atoms with Crippen LogP contribution in [0.2, 0.25) is 0 Å². The molecule has 2 heterocycles. The maximum atomic E-state index is 13.0. The largest absolute Gasteiger partial charge is 0.507 e. The SMILES string of the molecule is COc1ccc(C)cc1/C(O)=C1/C(=O)C(=O)N(CCCN(C)C)C1c1cccs1. The lowest BCUT2D eigenvalue weighted by Gasteiger charge is -2.24. The maximum absolute atomic E-state index is 13.0. The number of ether oxygens (including phenoxy) is 1. The van der Waals surface area contributed by atoms with Crippen LogP contribution >= 0.6 is 11.3 Å². The van der Waals surface area contributed by atoms with Gasteiger partial charge in [-0.25, -0.2) is 0 Å². The molecule has 1 aromatic carbocycles. The smallest absolute Gasteiger partial charge is 0.295 e. The van der Waals surface area contributed by atoms with Gasteiger partial charge in [-0.05, 0) is 57.6 Å². The number of carbonyl (C=O) groups excluding carboxylic acids is 2. The van der Waals surface area contributed by atoms with E-state index in [2.05, 4.69) is 0 Å². The molecular weight excluding hydrogens is 388 g/mol. The second kappa shape index (κ2) is 8.80. The molecule has 7 heteroatoms. The number of aliphatic hydroxyl groups is 1. The molecule has 1 aliphatic heterocycles. The van der Waals surface area contributed by atoms with Crippen molar-refractivity contribution < 1.29 is 19.4 Å². The van der Waals surface area contributed by atoms with Crippen LogP contribution in [0.4, 0.5) is 0 Å². The molecule has 1 aliphatic rings. The third kappa shape index (κ3) is 4.21. The Labute approximate surface area is 175 Å². The van der Waals surface area contributed by atoms with Gasteiger partial charge in [0.15, 0.2) is 0 Å². The van der Waals surface area contributed by atoms with Crippen molar-refractivity contribution in [1.29, 1.82) is 0 Å². The molecule has 29 heavy (non-hydrogen) atoms. The quantitative estimate of drug-likeness (QED) is 0.427. The zero-order valence-electron chi connectivity index (χ0n) is 17.1. The second-order valence-electron chi connectivity index (χ2n) is 7.37. The van der Waals surface area contributed by atoms with E-state index in [1.807, 2.05) is 49.5 Å². The van der Waals surface area contributed by atoms with Crippen LogP contribution in [0.3, 0.4) is 0 Å². The summed E-state index contributed by atoms with van der Waals surface area (Å²) in [5.41, 5.74) is 1.45. The third-order valence-corrected chi connectivity index (χ3v) is 5.89. The fraction of sp³-hybridized carbons (Fsp3) is 0.364. The lowest BCUT2D eigenvalue weighted by Crippen LogP contribution is -2.32. The van der Waals surface area contributed by atoms with Crippen molar-refractivity contribution in [2.45, 2.75) is 19.4 Å². The van der Waals surface area contributed by atoms with Crippen molar-refractivity contribution in [3.63, 3.8) is 0 Å². The number of aliphatic hydroxyl groups excluding tert-OH is 1. The van der Waals surface area contributed by atoms with E-state index in [9.17, 15) is 14.7 Å². The summed E-state index contributed by atoms with van der Waals surface area (Å²) in [5, 5.41) is 13.0. The van der Waals surface area contributed by atoms with E-state index in [1.54, 1.807) is 17.0 Å². The van der Waals surface area contributed by atoms with Crippen LogP contribution in [0.5, 0.6) is 5.75 Å². The lowest BCUT2D eigenvalue weighted by molar-refractivity contribution is -0.139. The molecule has 1 unspecified atom stereocenters. The summed E-state index contributed by atoms with van der Waals surface area (Å²) in [5.74, 6) is -0.973. The summed E-state index contributed by atoms with van der Waals surface area (Å²) >= 11 is 1.46. The van der Waals surface area contributed by atoms with Crippen LogP contribution < -0.4 is 4.74 Å². The van der Waals surface area contributed by atoms with E-state index in [-0.39, 0.29) is 11.3 Å². The molecule has 1 saturated heterocycles. The monoisotopic (exact) mass is 414 g/mol. The van der Waals surface area contributed by atoms with Crippen LogP contribution in [0.25, 0.3) is 5.76 Å². The highest BCUT2D eigenvalue weighted by molar-refractivity contribution is 7.10. The van der Waals surface area contributed by atoms with Gasteiger partial charge in [-0.2, -0.15) is 0 Å². The number of thiophene rings is 1. The molecule has 0 bridgehead atoms. The van der Waals surface area contributed by atoms with Gasteiger partial charge in [-0.1, -0.05) is 17.7 Å². The highest BCUT2D eigenvalue weighted by Crippen LogP contribution is 2.42.